The van der Waals surface area contributed by atoms with Crippen LogP contribution in [0.1, 0.15) is 67.7 Å². The summed E-state index contributed by atoms with van der Waals surface area (Å²) < 4.78 is 48.0. The van der Waals surface area contributed by atoms with E-state index in [1.807, 2.05) is 6.92 Å². The molecular formula is C26H29F3N6O2. The molecule has 11 heteroatoms. The third-order valence-corrected chi connectivity index (χ3v) is 7.03. The highest BCUT2D eigenvalue weighted by atomic mass is 19.4. The smallest absolute Gasteiger partial charge is 0.437 e. The minimum Gasteiger partial charge on any atom is -0.444 e. The number of halogens is 3. The van der Waals surface area contributed by atoms with Gasteiger partial charge >= 0.3 is 6.18 Å². The molecule has 0 saturated heterocycles. The molecule has 2 fully saturated rings. The molecule has 196 valence electrons. The molecule has 3 aromatic rings. The van der Waals surface area contributed by atoms with E-state index in [-0.39, 0.29) is 17.6 Å². The van der Waals surface area contributed by atoms with Gasteiger partial charge in [-0.25, -0.2) is 9.97 Å². The van der Waals surface area contributed by atoms with Crippen molar-refractivity contribution in [2.45, 2.75) is 57.7 Å². The first-order valence-corrected chi connectivity index (χ1v) is 12.5. The number of pyridine rings is 1. The van der Waals surface area contributed by atoms with Crippen LogP contribution in [0, 0.1) is 11.8 Å². The van der Waals surface area contributed by atoms with E-state index in [4.69, 9.17) is 4.42 Å². The summed E-state index contributed by atoms with van der Waals surface area (Å²) >= 11 is 0. The Labute approximate surface area is 212 Å². The number of anilines is 2. The molecule has 3 aromatic heterocycles. The Morgan fingerprint density at radius 3 is 2.65 bits per heavy atom. The second-order valence-electron chi connectivity index (χ2n) is 9.97. The minimum absolute atomic E-state index is 0.137. The van der Waals surface area contributed by atoms with Crippen LogP contribution < -0.4 is 10.6 Å². The molecule has 0 spiro atoms. The van der Waals surface area contributed by atoms with E-state index in [1.54, 1.807) is 18.3 Å². The Morgan fingerprint density at radius 2 is 1.97 bits per heavy atom. The van der Waals surface area contributed by atoms with Crippen molar-refractivity contribution in [1.82, 2.24) is 19.7 Å². The predicted molar refractivity (Wildman–Crippen MR) is 132 cm³/mol. The van der Waals surface area contributed by atoms with Crippen molar-refractivity contribution in [1.29, 1.82) is 0 Å². The fourth-order valence-electron chi connectivity index (χ4n) is 4.64. The van der Waals surface area contributed by atoms with Gasteiger partial charge in [-0.15, -0.1) is 0 Å². The molecule has 0 aromatic carbocycles. The fraction of sp³-hybridized carbons (Fsp3) is 0.462. The molecule has 1 amide bonds. The first-order valence-electron chi connectivity index (χ1n) is 12.5. The molecule has 0 unspecified atom stereocenters. The number of alkyl halides is 3. The van der Waals surface area contributed by atoms with Crippen LogP contribution >= 0.6 is 0 Å². The van der Waals surface area contributed by atoms with Crippen LogP contribution in [-0.4, -0.2) is 32.2 Å². The number of hydrogen-bond donors (Lipinski definition) is 2. The van der Waals surface area contributed by atoms with Crippen molar-refractivity contribution in [3.63, 3.8) is 0 Å². The molecule has 0 bridgehead atoms. The van der Waals surface area contributed by atoms with E-state index in [0.29, 0.717) is 36.1 Å². The van der Waals surface area contributed by atoms with Gasteiger partial charge in [-0.2, -0.15) is 18.3 Å². The molecule has 2 aliphatic rings. The Bertz CT molecular complexity index is 1290. The predicted octanol–water partition coefficient (Wildman–Crippen LogP) is 6.33. The standard InChI is InChI=1S/C26H29F3N6O2/c1-15(2)17-5-7-19(8-6-17)35-13-20(23(34-35)26(27,28)29)32-24(36)21-14-37-25(33-21)18-9-10-30-22(11-18)31-12-16-3-4-16/h9-11,13-14,16-17,19H,1,3-8,12H2,2H3,(H,30,31)(H,32,36)/t17-,19+. The lowest BCUT2D eigenvalue weighted by atomic mass is 9.82. The van der Waals surface area contributed by atoms with E-state index < -0.39 is 23.5 Å². The van der Waals surface area contributed by atoms with Gasteiger partial charge in [-0.3, -0.25) is 9.48 Å². The topological polar surface area (TPSA) is 97.9 Å². The number of carbonyl (C=O) groups is 1. The SMILES string of the molecule is C=C(C)[C@H]1CC[C@@H](n2cc(NC(=O)c3coc(-c4ccnc(NCC5CC5)c4)n3)c(C(F)(F)F)n2)CC1. The number of nitrogens with zero attached hydrogens (tertiary/aromatic N) is 4. The van der Waals surface area contributed by atoms with Crippen LogP contribution in [0.4, 0.5) is 24.7 Å². The van der Waals surface area contributed by atoms with Gasteiger partial charge in [-0.1, -0.05) is 12.2 Å². The minimum atomic E-state index is -4.72. The highest BCUT2D eigenvalue weighted by Gasteiger charge is 2.39. The quantitative estimate of drug-likeness (QED) is 0.341. The second kappa shape index (κ2) is 10.0. The second-order valence-corrected chi connectivity index (χ2v) is 9.97. The summed E-state index contributed by atoms with van der Waals surface area (Å²) in [7, 11) is 0. The number of allylic oxidation sites excluding steroid dienone is 1. The third kappa shape index (κ3) is 5.86. The Morgan fingerprint density at radius 1 is 1.22 bits per heavy atom. The lowest BCUT2D eigenvalue weighted by molar-refractivity contribution is -0.141. The lowest BCUT2D eigenvalue weighted by Crippen LogP contribution is -2.19. The van der Waals surface area contributed by atoms with Crippen LogP contribution in [0.25, 0.3) is 11.5 Å². The van der Waals surface area contributed by atoms with Crippen molar-refractivity contribution in [2.24, 2.45) is 11.8 Å². The molecular weight excluding hydrogens is 485 g/mol. The number of nitrogens with one attached hydrogen (secondary N) is 2. The molecule has 3 heterocycles. The first kappa shape index (κ1) is 25.0. The third-order valence-electron chi connectivity index (χ3n) is 7.03. The van der Waals surface area contributed by atoms with Gasteiger partial charge in [0.25, 0.3) is 5.91 Å². The Hall–Kier alpha value is -3.63. The number of aromatic nitrogens is 4. The van der Waals surface area contributed by atoms with E-state index in [9.17, 15) is 18.0 Å². The highest BCUT2D eigenvalue weighted by Crippen LogP contribution is 2.39. The fourth-order valence-corrected chi connectivity index (χ4v) is 4.64. The zero-order valence-electron chi connectivity index (χ0n) is 20.5. The summed E-state index contributed by atoms with van der Waals surface area (Å²) in [6, 6.07) is 3.27. The van der Waals surface area contributed by atoms with Gasteiger partial charge in [0, 0.05) is 24.5 Å². The van der Waals surface area contributed by atoms with Crippen molar-refractivity contribution in [3.05, 3.63) is 54.3 Å². The van der Waals surface area contributed by atoms with Gasteiger partial charge in [0.05, 0.1) is 11.7 Å². The van der Waals surface area contributed by atoms with Crippen LogP contribution in [-0.2, 0) is 6.18 Å². The monoisotopic (exact) mass is 514 g/mol. The van der Waals surface area contributed by atoms with Crippen molar-refractivity contribution in [3.8, 4) is 11.5 Å². The summed E-state index contributed by atoms with van der Waals surface area (Å²) in [6.07, 6.45) is 4.74. The number of oxazole rings is 1. The molecule has 0 aliphatic heterocycles. The summed E-state index contributed by atoms with van der Waals surface area (Å²) in [5.74, 6) is 1.06. The zero-order valence-corrected chi connectivity index (χ0v) is 20.5. The van der Waals surface area contributed by atoms with E-state index in [0.717, 1.165) is 31.2 Å². The highest BCUT2D eigenvalue weighted by molar-refractivity contribution is 6.03. The van der Waals surface area contributed by atoms with Crippen LogP contribution in [0.15, 0.2) is 47.4 Å². The van der Waals surface area contributed by atoms with Gasteiger partial charge in [0.1, 0.15) is 12.1 Å². The van der Waals surface area contributed by atoms with E-state index in [1.165, 1.54) is 23.7 Å². The number of carbonyl (C=O) groups excluding carboxylic acids is 1. The molecule has 5 rings (SSSR count). The van der Waals surface area contributed by atoms with Gasteiger partial charge in [0.15, 0.2) is 11.4 Å². The number of rotatable bonds is 8. The van der Waals surface area contributed by atoms with Crippen molar-refractivity contribution < 1.29 is 22.4 Å². The summed E-state index contributed by atoms with van der Waals surface area (Å²) in [6.45, 7) is 6.80. The summed E-state index contributed by atoms with van der Waals surface area (Å²) in [5.41, 5.74) is 0.0163. The number of hydrogen-bond acceptors (Lipinski definition) is 6. The maximum absolute atomic E-state index is 13.7. The van der Waals surface area contributed by atoms with Crippen molar-refractivity contribution >= 4 is 17.4 Å². The largest absolute Gasteiger partial charge is 0.444 e. The van der Waals surface area contributed by atoms with Crippen molar-refractivity contribution in [2.75, 3.05) is 17.2 Å². The van der Waals surface area contributed by atoms with Crippen LogP contribution in [0.3, 0.4) is 0 Å². The summed E-state index contributed by atoms with van der Waals surface area (Å²) in [5, 5.41) is 9.40. The van der Waals surface area contributed by atoms with Crippen LogP contribution in [0.2, 0.25) is 0 Å². The first-order chi connectivity index (χ1) is 17.7. The molecule has 37 heavy (non-hydrogen) atoms. The average molecular weight is 515 g/mol. The molecule has 0 atom stereocenters. The van der Waals surface area contributed by atoms with E-state index in [2.05, 4.69) is 32.3 Å². The van der Waals surface area contributed by atoms with Gasteiger partial charge < -0.3 is 15.1 Å². The molecule has 8 nitrogen and oxygen atoms in total. The molecule has 0 radical (unpaired) electrons. The maximum Gasteiger partial charge on any atom is 0.437 e. The molecule has 2 aliphatic carbocycles. The maximum atomic E-state index is 13.7. The van der Waals surface area contributed by atoms with Crippen LogP contribution in [0.5, 0.6) is 0 Å². The Kier molecular flexibility index (Phi) is 6.78. The Balaban J connectivity index is 1.30. The van der Waals surface area contributed by atoms with Gasteiger partial charge in [0.2, 0.25) is 5.89 Å². The summed E-state index contributed by atoms with van der Waals surface area (Å²) in [4.78, 5) is 21.3. The molecule has 2 saturated carbocycles. The normalized spacial score (nSPS) is 20.0. The average Bonchev–Trinajstić information content (AvgIpc) is 3.38. The molecule has 2 N–H and O–H groups in total. The lowest BCUT2D eigenvalue weighted by Gasteiger charge is -2.28. The number of amides is 1. The van der Waals surface area contributed by atoms with Gasteiger partial charge in [-0.05, 0) is 69.4 Å². The zero-order chi connectivity index (χ0) is 26.2. The van der Waals surface area contributed by atoms with E-state index >= 15 is 0 Å².